The molecule has 4 aromatic rings. The maximum absolute atomic E-state index is 12.8. The summed E-state index contributed by atoms with van der Waals surface area (Å²) < 4.78 is 8.56. The van der Waals surface area contributed by atoms with E-state index in [0.717, 1.165) is 33.7 Å². The number of fused-ring (bicyclic) bond motifs is 1. The highest BCUT2D eigenvalue weighted by Gasteiger charge is 2.15. The highest BCUT2D eigenvalue weighted by molar-refractivity contribution is 5.80. The molecule has 6 heteroatoms. The molecule has 136 valence electrons. The zero-order chi connectivity index (χ0) is 19.0. The van der Waals surface area contributed by atoms with Crippen molar-refractivity contribution in [3.8, 4) is 16.9 Å². The van der Waals surface area contributed by atoms with E-state index in [0.29, 0.717) is 12.2 Å². The van der Waals surface area contributed by atoms with Gasteiger partial charge in [-0.2, -0.15) is 0 Å². The Morgan fingerprint density at radius 3 is 2.44 bits per heavy atom. The Morgan fingerprint density at radius 2 is 1.78 bits per heavy atom. The third kappa shape index (κ3) is 2.99. The summed E-state index contributed by atoms with van der Waals surface area (Å²) in [4.78, 5) is 21.7. The Labute approximate surface area is 156 Å². The van der Waals surface area contributed by atoms with Crippen LogP contribution in [0.3, 0.4) is 0 Å². The van der Waals surface area contributed by atoms with Gasteiger partial charge in [-0.15, -0.1) is 0 Å². The smallest absolute Gasteiger partial charge is 0.330 e. The quantitative estimate of drug-likeness (QED) is 0.561. The lowest BCUT2D eigenvalue weighted by molar-refractivity contribution is 0.414. The number of ether oxygens (including phenoxy) is 1. The number of pyridine rings is 2. The second-order valence-corrected chi connectivity index (χ2v) is 6.48. The number of imidazole rings is 1. The number of benzene rings is 1. The van der Waals surface area contributed by atoms with Crippen LogP contribution in [0.1, 0.15) is 11.3 Å². The third-order valence-electron chi connectivity index (χ3n) is 4.80. The number of rotatable bonds is 4. The summed E-state index contributed by atoms with van der Waals surface area (Å²) in [7, 11) is 3.42. The number of aromatic nitrogens is 4. The van der Waals surface area contributed by atoms with Crippen LogP contribution >= 0.6 is 0 Å². The molecule has 0 aliphatic carbocycles. The first-order valence-corrected chi connectivity index (χ1v) is 8.68. The van der Waals surface area contributed by atoms with E-state index in [2.05, 4.69) is 4.98 Å². The van der Waals surface area contributed by atoms with E-state index >= 15 is 0 Å². The van der Waals surface area contributed by atoms with Gasteiger partial charge in [0.25, 0.3) is 0 Å². The molecule has 0 saturated carbocycles. The monoisotopic (exact) mass is 360 g/mol. The molecule has 0 aliphatic heterocycles. The fraction of sp³-hybridized carbons (Fsp3) is 0.190. The van der Waals surface area contributed by atoms with Crippen LogP contribution in [0, 0.1) is 6.92 Å². The van der Waals surface area contributed by atoms with Crippen LogP contribution < -0.4 is 10.4 Å². The van der Waals surface area contributed by atoms with Crippen molar-refractivity contribution in [2.45, 2.75) is 13.5 Å². The molecule has 0 fully saturated rings. The van der Waals surface area contributed by atoms with Gasteiger partial charge in [-0.25, -0.2) is 9.78 Å². The van der Waals surface area contributed by atoms with Crippen molar-refractivity contribution >= 4 is 11.2 Å². The topological polar surface area (TPSA) is 61.9 Å². The number of methoxy groups -OCH3 is 1. The van der Waals surface area contributed by atoms with Crippen molar-refractivity contribution in [3.63, 3.8) is 0 Å². The predicted octanol–water partition coefficient (Wildman–Crippen LogP) is 3.16. The molecule has 0 spiro atoms. The molecule has 0 bridgehead atoms. The van der Waals surface area contributed by atoms with E-state index in [1.54, 1.807) is 35.7 Å². The summed E-state index contributed by atoms with van der Waals surface area (Å²) in [6, 6.07) is 13.6. The number of hydrogen-bond acceptors (Lipinski definition) is 4. The maximum atomic E-state index is 12.8. The van der Waals surface area contributed by atoms with Gasteiger partial charge in [0.05, 0.1) is 19.2 Å². The van der Waals surface area contributed by atoms with Crippen LogP contribution in [-0.2, 0) is 13.6 Å². The lowest BCUT2D eigenvalue weighted by Crippen LogP contribution is -2.22. The Bertz CT molecular complexity index is 1160. The second-order valence-electron chi connectivity index (χ2n) is 6.48. The molecule has 0 radical (unpaired) electrons. The number of nitrogens with zero attached hydrogens (tertiary/aromatic N) is 4. The summed E-state index contributed by atoms with van der Waals surface area (Å²) in [5.41, 5.74) is 5.35. The standard InChI is InChI=1S/C21H20N4O2/c1-14-18(16-8-10-22-11-9-16)12-19-20(23-14)25(21(26)24(19)2)13-15-4-6-17(27-3)7-5-15/h4-12H,13H2,1-3H3. The molecule has 4 rings (SSSR count). The summed E-state index contributed by atoms with van der Waals surface area (Å²) in [6.45, 7) is 2.42. The zero-order valence-electron chi connectivity index (χ0n) is 15.5. The Hall–Kier alpha value is -3.41. The van der Waals surface area contributed by atoms with Crippen molar-refractivity contribution in [3.05, 3.63) is 76.6 Å². The lowest BCUT2D eigenvalue weighted by atomic mass is 10.1. The van der Waals surface area contributed by atoms with Gasteiger partial charge < -0.3 is 4.74 Å². The van der Waals surface area contributed by atoms with Crippen LogP contribution in [0.25, 0.3) is 22.3 Å². The largest absolute Gasteiger partial charge is 0.497 e. The summed E-state index contributed by atoms with van der Waals surface area (Å²) in [5, 5.41) is 0. The molecule has 0 unspecified atom stereocenters. The van der Waals surface area contributed by atoms with Crippen molar-refractivity contribution < 1.29 is 4.74 Å². The van der Waals surface area contributed by atoms with E-state index in [1.807, 2.05) is 49.4 Å². The molecule has 0 amide bonds. The molecule has 0 atom stereocenters. The minimum Gasteiger partial charge on any atom is -0.497 e. The molecule has 0 aliphatic rings. The van der Waals surface area contributed by atoms with Gasteiger partial charge in [0.1, 0.15) is 5.75 Å². The second kappa shape index (κ2) is 6.72. The molecule has 3 heterocycles. The fourth-order valence-electron chi connectivity index (χ4n) is 3.28. The van der Waals surface area contributed by atoms with E-state index in [1.165, 1.54) is 0 Å². The van der Waals surface area contributed by atoms with Gasteiger partial charge in [-0.1, -0.05) is 12.1 Å². The van der Waals surface area contributed by atoms with Gasteiger partial charge in [-0.3, -0.25) is 14.1 Å². The highest BCUT2D eigenvalue weighted by atomic mass is 16.5. The first-order valence-electron chi connectivity index (χ1n) is 8.68. The fourth-order valence-corrected chi connectivity index (χ4v) is 3.28. The van der Waals surface area contributed by atoms with Crippen molar-refractivity contribution in [1.82, 2.24) is 19.1 Å². The minimum atomic E-state index is -0.0837. The normalized spacial score (nSPS) is 11.1. The van der Waals surface area contributed by atoms with Gasteiger partial charge in [0.15, 0.2) is 5.65 Å². The van der Waals surface area contributed by atoms with Crippen molar-refractivity contribution in [2.75, 3.05) is 7.11 Å². The summed E-state index contributed by atoms with van der Waals surface area (Å²) in [6.07, 6.45) is 3.51. The van der Waals surface area contributed by atoms with Crippen LogP contribution in [0.2, 0.25) is 0 Å². The van der Waals surface area contributed by atoms with Gasteiger partial charge >= 0.3 is 5.69 Å². The van der Waals surface area contributed by atoms with Gasteiger partial charge in [0.2, 0.25) is 0 Å². The van der Waals surface area contributed by atoms with Crippen LogP contribution in [0.15, 0.2) is 59.7 Å². The Morgan fingerprint density at radius 1 is 1.07 bits per heavy atom. The van der Waals surface area contributed by atoms with E-state index in [9.17, 15) is 4.79 Å². The first kappa shape index (κ1) is 17.0. The average Bonchev–Trinajstić information content (AvgIpc) is 2.93. The summed E-state index contributed by atoms with van der Waals surface area (Å²) in [5.74, 6) is 0.792. The molecule has 3 aromatic heterocycles. The zero-order valence-corrected chi connectivity index (χ0v) is 15.5. The number of hydrogen-bond donors (Lipinski definition) is 0. The molecule has 27 heavy (non-hydrogen) atoms. The van der Waals surface area contributed by atoms with Crippen LogP contribution in [-0.4, -0.2) is 26.2 Å². The van der Waals surface area contributed by atoms with Crippen molar-refractivity contribution in [2.24, 2.45) is 7.05 Å². The highest BCUT2D eigenvalue weighted by Crippen LogP contribution is 2.25. The first-order chi connectivity index (χ1) is 13.1. The molecule has 1 aromatic carbocycles. The predicted molar refractivity (Wildman–Crippen MR) is 105 cm³/mol. The SMILES string of the molecule is COc1ccc(Cn2c(=O)n(C)c3cc(-c4ccncc4)c(C)nc32)cc1. The number of aryl methyl sites for hydroxylation is 2. The van der Waals surface area contributed by atoms with Crippen LogP contribution in [0.5, 0.6) is 5.75 Å². The third-order valence-corrected chi connectivity index (χ3v) is 4.80. The Kier molecular flexibility index (Phi) is 4.24. The van der Waals surface area contributed by atoms with Crippen LogP contribution in [0.4, 0.5) is 0 Å². The molecule has 0 saturated heterocycles. The average molecular weight is 360 g/mol. The Balaban J connectivity index is 1.83. The molecule has 0 N–H and O–H groups in total. The molecule has 6 nitrogen and oxygen atoms in total. The lowest BCUT2D eigenvalue weighted by Gasteiger charge is -2.08. The van der Waals surface area contributed by atoms with Gasteiger partial charge in [0, 0.05) is 30.7 Å². The summed E-state index contributed by atoms with van der Waals surface area (Å²) >= 11 is 0. The molecular formula is C21H20N4O2. The van der Waals surface area contributed by atoms with Crippen molar-refractivity contribution in [1.29, 1.82) is 0 Å². The van der Waals surface area contributed by atoms with E-state index in [4.69, 9.17) is 9.72 Å². The maximum Gasteiger partial charge on any atom is 0.330 e. The molecular weight excluding hydrogens is 340 g/mol. The van der Waals surface area contributed by atoms with E-state index < -0.39 is 0 Å². The minimum absolute atomic E-state index is 0.0837. The van der Waals surface area contributed by atoms with Gasteiger partial charge in [-0.05, 0) is 48.4 Å². The van der Waals surface area contributed by atoms with E-state index in [-0.39, 0.29) is 5.69 Å².